The van der Waals surface area contributed by atoms with E-state index in [4.69, 9.17) is 9.47 Å². The fourth-order valence-corrected chi connectivity index (χ4v) is 3.32. The fraction of sp³-hybridized carbons (Fsp3) is 0.941. The van der Waals surface area contributed by atoms with E-state index in [2.05, 4.69) is 22.5 Å². The van der Waals surface area contributed by atoms with E-state index >= 15 is 0 Å². The van der Waals surface area contributed by atoms with Crippen LogP contribution in [0.25, 0.3) is 0 Å². The first-order valence-electron chi connectivity index (χ1n) is 8.93. The van der Waals surface area contributed by atoms with Gasteiger partial charge in [-0.25, -0.2) is 0 Å². The Morgan fingerprint density at radius 2 is 2.04 bits per heavy atom. The van der Waals surface area contributed by atoms with Crippen LogP contribution >= 0.6 is 24.0 Å². The molecule has 2 aliphatic rings. The number of rotatable bonds is 7. The molecule has 1 aliphatic heterocycles. The van der Waals surface area contributed by atoms with Crippen molar-refractivity contribution in [3.8, 4) is 0 Å². The van der Waals surface area contributed by atoms with E-state index in [1.807, 2.05) is 7.05 Å². The summed E-state index contributed by atoms with van der Waals surface area (Å²) in [5, 5.41) is 6.86. The van der Waals surface area contributed by atoms with Crippen molar-refractivity contribution in [1.82, 2.24) is 10.6 Å². The van der Waals surface area contributed by atoms with Crippen molar-refractivity contribution in [2.75, 3.05) is 40.0 Å². The Balaban J connectivity index is 0.00000264. The summed E-state index contributed by atoms with van der Waals surface area (Å²) in [5.74, 6) is 2.54. The van der Waals surface area contributed by atoms with Crippen LogP contribution in [0, 0.1) is 11.8 Å². The van der Waals surface area contributed by atoms with Gasteiger partial charge in [0.25, 0.3) is 0 Å². The van der Waals surface area contributed by atoms with E-state index in [9.17, 15) is 0 Å². The standard InChI is InChI=1S/C17H33N3O2.HI/c1-14-6-3-4-7-15(14)12-20-17(18-2)19-9-5-10-22-16-8-11-21-13-16;/h14-16H,3-13H2,1-2H3,(H2,18,19,20);1H. The molecule has 2 rings (SSSR count). The number of aliphatic imine (C=N–C) groups is 1. The van der Waals surface area contributed by atoms with Gasteiger partial charge in [0.2, 0.25) is 0 Å². The Morgan fingerprint density at radius 3 is 2.74 bits per heavy atom. The monoisotopic (exact) mass is 439 g/mol. The first-order chi connectivity index (χ1) is 10.8. The van der Waals surface area contributed by atoms with Crippen molar-refractivity contribution in [2.45, 2.75) is 51.6 Å². The van der Waals surface area contributed by atoms with Gasteiger partial charge in [-0.1, -0.05) is 26.2 Å². The molecular formula is C17H34IN3O2. The molecule has 0 aromatic carbocycles. The van der Waals surface area contributed by atoms with Crippen LogP contribution in [0.2, 0.25) is 0 Å². The van der Waals surface area contributed by atoms with Crippen molar-refractivity contribution in [2.24, 2.45) is 16.8 Å². The van der Waals surface area contributed by atoms with Crippen LogP contribution in [0.15, 0.2) is 4.99 Å². The molecule has 136 valence electrons. The van der Waals surface area contributed by atoms with Gasteiger partial charge in [0, 0.05) is 33.4 Å². The molecule has 1 saturated heterocycles. The third-order valence-electron chi connectivity index (χ3n) is 4.90. The Hall–Kier alpha value is -0.0800. The Kier molecular flexibility index (Phi) is 11.2. The fourth-order valence-electron chi connectivity index (χ4n) is 3.32. The molecule has 5 nitrogen and oxygen atoms in total. The highest BCUT2D eigenvalue weighted by Crippen LogP contribution is 2.28. The van der Waals surface area contributed by atoms with Crippen LogP contribution in [-0.4, -0.2) is 52.0 Å². The molecule has 1 saturated carbocycles. The SMILES string of the molecule is CN=C(NCCCOC1CCOC1)NCC1CCCCC1C.I. The van der Waals surface area contributed by atoms with Gasteiger partial charge in [-0.05, 0) is 31.1 Å². The van der Waals surface area contributed by atoms with Crippen molar-refractivity contribution in [1.29, 1.82) is 0 Å². The zero-order valence-electron chi connectivity index (χ0n) is 14.7. The van der Waals surface area contributed by atoms with Gasteiger partial charge in [-0.15, -0.1) is 24.0 Å². The maximum absolute atomic E-state index is 5.76. The Morgan fingerprint density at radius 1 is 1.22 bits per heavy atom. The maximum atomic E-state index is 5.76. The third-order valence-corrected chi connectivity index (χ3v) is 4.90. The minimum Gasteiger partial charge on any atom is -0.379 e. The minimum atomic E-state index is 0. The molecule has 0 radical (unpaired) electrons. The van der Waals surface area contributed by atoms with Crippen molar-refractivity contribution >= 4 is 29.9 Å². The molecule has 1 heterocycles. The summed E-state index contributed by atoms with van der Waals surface area (Å²) in [6.45, 7) is 6.71. The van der Waals surface area contributed by atoms with E-state index in [1.165, 1.54) is 25.7 Å². The number of hydrogen-bond donors (Lipinski definition) is 2. The molecule has 2 N–H and O–H groups in total. The lowest BCUT2D eigenvalue weighted by Gasteiger charge is -2.29. The van der Waals surface area contributed by atoms with Gasteiger partial charge in [-0.3, -0.25) is 4.99 Å². The lowest BCUT2D eigenvalue weighted by molar-refractivity contribution is 0.0420. The molecule has 0 aromatic rings. The highest BCUT2D eigenvalue weighted by atomic mass is 127. The predicted molar refractivity (Wildman–Crippen MR) is 106 cm³/mol. The molecule has 0 spiro atoms. The largest absolute Gasteiger partial charge is 0.379 e. The summed E-state index contributed by atoms with van der Waals surface area (Å²) in [6.07, 6.45) is 7.85. The van der Waals surface area contributed by atoms with Crippen LogP contribution in [-0.2, 0) is 9.47 Å². The zero-order chi connectivity index (χ0) is 15.6. The number of hydrogen-bond acceptors (Lipinski definition) is 3. The molecule has 2 fully saturated rings. The second-order valence-electron chi connectivity index (χ2n) is 6.61. The van der Waals surface area contributed by atoms with Crippen molar-refractivity contribution in [3.63, 3.8) is 0 Å². The average Bonchev–Trinajstić information content (AvgIpc) is 3.05. The van der Waals surface area contributed by atoms with E-state index in [-0.39, 0.29) is 24.0 Å². The molecular weight excluding hydrogens is 405 g/mol. The summed E-state index contributed by atoms with van der Waals surface area (Å²) in [7, 11) is 1.84. The van der Waals surface area contributed by atoms with Crippen LogP contribution < -0.4 is 10.6 Å². The summed E-state index contributed by atoms with van der Waals surface area (Å²) < 4.78 is 11.1. The maximum Gasteiger partial charge on any atom is 0.190 e. The molecule has 23 heavy (non-hydrogen) atoms. The molecule has 6 heteroatoms. The number of halogens is 1. The van der Waals surface area contributed by atoms with Crippen molar-refractivity contribution in [3.05, 3.63) is 0 Å². The second-order valence-corrected chi connectivity index (χ2v) is 6.61. The average molecular weight is 439 g/mol. The Labute approximate surface area is 158 Å². The van der Waals surface area contributed by atoms with E-state index in [0.29, 0.717) is 6.10 Å². The molecule has 0 aromatic heterocycles. The van der Waals surface area contributed by atoms with Gasteiger partial charge < -0.3 is 20.1 Å². The highest BCUT2D eigenvalue weighted by Gasteiger charge is 2.21. The minimum absolute atomic E-state index is 0. The normalized spacial score (nSPS) is 28.3. The Bertz CT molecular complexity index is 336. The molecule has 1 aliphatic carbocycles. The van der Waals surface area contributed by atoms with E-state index < -0.39 is 0 Å². The quantitative estimate of drug-likeness (QED) is 0.277. The van der Waals surface area contributed by atoms with Gasteiger partial charge >= 0.3 is 0 Å². The summed E-state index contributed by atoms with van der Waals surface area (Å²) >= 11 is 0. The van der Waals surface area contributed by atoms with Gasteiger partial charge in [0.05, 0.1) is 12.7 Å². The van der Waals surface area contributed by atoms with Crippen LogP contribution in [0.1, 0.15) is 45.4 Å². The second kappa shape index (κ2) is 12.3. The number of nitrogens with one attached hydrogen (secondary N) is 2. The van der Waals surface area contributed by atoms with Crippen LogP contribution in [0.4, 0.5) is 0 Å². The van der Waals surface area contributed by atoms with E-state index in [1.54, 1.807) is 0 Å². The van der Waals surface area contributed by atoms with Gasteiger partial charge in [0.1, 0.15) is 0 Å². The number of ether oxygens (including phenoxy) is 2. The first-order valence-corrected chi connectivity index (χ1v) is 8.93. The lowest BCUT2D eigenvalue weighted by atomic mass is 9.80. The van der Waals surface area contributed by atoms with Crippen LogP contribution in [0.5, 0.6) is 0 Å². The summed E-state index contributed by atoms with van der Waals surface area (Å²) in [5.41, 5.74) is 0. The molecule has 0 amide bonds. The molecule has 0 bridgehead atoms. The number of guanidine groups is 1. The summed E-state index contributed by atoms with van der Waals surface area (Å²) in [6, 6.07) is 0. The van der Waals surface area contributed by atoms with Crippen molar-refractivity contribution < 1.29 is 9.47 Å². The topological polar surface area (TPSA) is 54.9 Å². The smallest absolute Gasteiger partial charge is 0.190 e. The van der Waals surface area contributed by atoms with Crippen LogP contribution in [0.3, 0.4) is 0 Å². The van der Waals surface area contributed by atoms with Gasteiger partial charge in [0.15, 0.2) is 5.96 Å². The first kappa shape index (κ1) is 21.0. The molecule has 3 unspecified atom stereocenters. The third kappa shape index (κ3) is 8.03. The predicted octanol–water partition coefficient (Wildman–Crippen LogP) is 2.79. The molecule has 3 atom stereocenters. The highest BCUT2D eigenvalue weighted by molar-refractivity contribution is 14.0. The van der Waals surface area contributed by atoms with E-state index in [0.717, 1.165) is 63.5 Å². The van der Waals surface area contributed by atoms with Gasteiger partial charge in [-0.2, -0.15) is 0 Å². The lowest BCUT2D eigenvalue weighted by Crippen LogP contribution is -2.41. The zero-order valence-corrected chi connectivity index (χ0v) is 17.0. The summed E-state index contributed by atoms with van der Waals surface area (Å²) in [4.78, 5) is 4.31. The number of nitrogens with zero attached hydrogens (tertiary/aromatic N) is 1.